The molecule has 1 saturated heterocycles. The second kappa shape index (κ2) is 13.2. The molecule has 2 aromatic carbocycles. The molecule has 1 fully saturated rings. The minimum Gasteiger partial charge on any atom is -0.497 e. The summed E-state index contributed by atoms with van der Waals surface area (Å²) in [5.74, 6) is 1.15. The highest BCUT2D eigenvalue weighted by atomic mass is 35.5. The number of benzene rings is 2. The second-order valence-electron chi connectivity index (χ2n) is 10.1. The first-order valence-corrected chi connectivity index (χ1v) is 14.8. The van der Waals surface area contributed by atoms with Crippen LogP contribution in [0.5, 0.6) is 17.2 Å². The smallest absolute Gasteiger partial charge is 0.410 e. The molecule has 0 aliphatic carbocycles. The third-order valence-electron chi connectivity index (χ3n) is 6.02. The summed E-state index contributed by atoms with van der Waals surface area (Å²) in [6.45, 7) is 6.90. The van der Waals surface area contributed by atoms with Gasteiger partial charge in [-0.3, -0.25) is 4.31 Å². The zero-order chi connectivity index (χ0) is 28.9. The lowest BCUT2D eigenvalue weighted by Crippen LogP contribution is -2.44. The molecule has 1 aliphatic heterocycles. The number of likely N-dealkylation sites (tertiary alicyclic amines) is 1. The molecule has 2 heterocycles. The zero-order valence-corrected chi connectivity index (χ0v) is 25.5. The van der Waals surface area contributed by atoms with Crippen molar-refractivity contribution >= 4 is 46.1 Å². The van der Waals surface area contributed by atoms with E-state index in [1.54, 1.807) is 31.4 Å². The van der Waals surface area contributed by atoms with E-state index >= 15 is 4.39 Å². The Morgan fingerprint density at radius 3 is 2.55 bits per heavy atom. The number of anilines is 1. The van der Waals surface area contributed by atoms with Crippen molar-refractivity contribution in [3.63, 3.8) is 0 Å². The standard InChI is InChI=1S/C28H33ClFN3O5S2/c1-28(2,3)38-27(34)32-11-8-19(9-12-32)37-24-16-22(30)25(15-21(24)29)40-33(26-31-10-13-39-26)17-18-6-7-20(35-4)14-23(18)36-5/h6-7,10,13-16,19H,8-9,11-12,17H2,1-5H3. The Balaban J connectivity index is 1.44. The Kier molecular flexibility index (Phi) is 9.91. The number of aromatic nitrogens is 1. The molecule has 0 spiro atoms. The summed E-state index contributed by atoms with van der Waals surface area (Å²) in [5, 5.41) is 2.87. The number of carbonyl (C=O) groups is 1. The average Bonchev–Trinajstić information content (AvgIpc) is 3.45. The highest BCUT2D eigenvalue weighted by molar-refractivity contribution is 8.00. The number of thiazole rings is 1. The van der Waals surface area contributed by atoms with Crippen LogP contribution in [-0.4, -0.2) is 55.0 Å². The third kappa shape index (κ3) is 7.86. The van der Waals surface area contributed by atoms with E-state index in [-0.39, 0.29) is 17.9 Å². The average molecular weight is 610 g/mol. The molecule has 4 rings (SSSR count). The van der Waals surface area contributed by atoms with Crippen LogP contribution in [0.4, 0.5) is 14.3 Å². The first-order valence-electron chi connectivity index (χ1n) is 12.8. The molecule has 0 N–H and O–H groups in total. The molecule has 0 unspecified atom stereocenters. The fraction of sp³-hybridized carbons (Fsp3) is 0.429. The molecule has 3 aromatic rings. The van der Waals surface area contributed by atoms with Gasteiger partial charge in [0.2, 0.25) is 0 Å². The fourth-order valence-electron chi connectivity index (χ4n) is 4.07. The van der Waals surface area contributed by atoms with E-state index in [9.17, 15) is 4.79 Å². The van der Waals surface area contributed by atoms with Gasteiger partial charge in [-0.05, 0) is 50.9 Å². The van der Waals surface area contributed by atoms with Crippen molar-refractivity contribution in [2.45, 2.75) is 56.8 Å². The van der Waals surface area contributed by atoms with E-state index in [4.69, 9.17) is 30.5 Å². The molecule has 1 amide bonds. The van der Waals surface area contributed by atoms with Crippen LogP contribution in [0.2, 0.25) is 5.02 Å². The lowest BCUT2D eigenvalue weighted by atomic mass is 10.1. The van der Waals surface area contributed by atoms with Crippen LogP contribution in [0.1, 0.15) is 39.2 Å². The minimum absolute atomic E-state index is 0.191. The molecule has 1 aliphatic rings. The molecular formula is C28H33ClFN3O5S2. The third-order valence-corrected chi connectivity index (χ3v) is 8.26. The van der Waals surface area contributed by atoms with Crippen LogP contribution in [0.15, 0.2) is 46.8 Å². The number of nitrogens with zero attached hydrogens (tertiary/aromatic N) is 3. The number of methoxy groups -OCH3 is 2. The molecule has 216 valence electrons. The molecule has 40 heavy (non-hydrogen) atoms. The number of ether oxygens (including phenoxy) is 4. The maximum Gasteiger partial charge on any atom is 0.410 e. The Hall–Kier alpha value is -2.89. The number of hydrogen-bond donors (Lipinski definition) is 0. The van der Waals surface area contributed by atoms with Gasteiger partial charge < -0.3 is 23.8 Å². The first kappa shape index (κ1) is 30.1. The second-order valence-corrected chi connectivity index (χ2v) is 12.5. The normalized spacial score (nSPS) is 14.1. The van der Waals surface area contributed by atoms with Crippen LogP contribution in [-0.2, 0) is 11.3 Å². The van der Waals surface area contributed by atoms with Crippen molar-refractivity contribution in [3.8, 4) is 17.2 Å². The molecule has 0 saturated carbocycles. The Labute approximate surface area is 247 Å². The van der Waals surface area contributed by atoms with Gasteiger partial charge in [0.15, 0.2) is 5.13 Å². The van der Waals surface area contributed by atoms with Gasteiger partial charge in [-0.1, -0.05) is 11.6 Å². The first-order chi connectivity index (χ1) is 19.1. The van der Waals surface area contributed by atoms with Crippen molar-refractivity contribution < 1.29 is 28.1 Å². The number of halogens is 2. The van der Waals surface area contributed by atoms with E-state index in [0.717, 1.165) is 5.56 Å². The van der Waals surface area contributed by atoms with Crippen molar-refractivity contribution in [2.75, 3.05) is 31.6 Å². The monoisotopic (exact) mass is 609 g/mol. The van der Waals surface area contributed by atoms with Crippen LogP contribution < -0.4 is 18.5 Å². The van der Waals surface area contributed by atoms with Crippen molar-refractivity contribution in [2.24, 2.45) is 0 Å². The van der Waals surface area contributed by atoms with E-state index in [0.29, 0.717) is 59.0 Å². The Morgan fingerprint density at radius 1 is 1.18 bits per heavy atom. The molecule has 8 nitrogen and oxygen atoms in total. The molecule has 0 radical (unpaired) electrons. The van der Waals surface area contributed by atoms with Crippen LogP contribution >= 0.6 is 34.9 Å². The summed E-state index contributed by atoms with van der Waals surface area (Å²) in [6.07, 6.45) is 2.36. The predicted molar refractivity (Wildman–Crippen MR) is 157 cm³/mol. The summed E-state index contributed by atoms with van der Waals surface area (Å²) in [4.78, 5) is 18.8. The maximum atomic E-state index is 15.4. The quantitative estimate of drug-likeness (QED) is 0.232. The van der Waals surface area contributed by atoms with Gasteiger partial charge in [0.25, 0.3) is 0 Å². The highest BCUT2D eigenvalue weighted by Crippen LogP contribution is 2.39. The number of piperidine rings is 1. The van der Waals surface area contributed by atoms with Crippen molar-refractivity contribution in [1.82, 2.24) is 9.88 Å². The van der Waals surface area contributed by atoms with Gasteiger partial charge in [-0.15, -0.1) is 11.3 Å². The molecule has 12 heteroatoms. The summed E-state index contributed by atoms with van der Waals surface area (Å²) >= 11 is 9.21. The van der Waals surface area contributed by atoms with E-state index < -0.39 is 11.4 Å². The Bertz CT molecular complexity index is 1300. The van der Waals surface area contributed by atoms with Gasteiger partial charge in [0.05, 0.1) is 30.7 Å². The zero-order valence-electron chi connectivity index (χ0n) is 23.1. The Morgan fingerprint density at radius 2 is 1.93 bits per heavy atom. The molecular weight excluding hydrogens is 577 g/mol. The van der Waals surface area contributed by atoms with Crippen molar-refractivity contribution in [3.05, 3.63) is 58.3 Å². The molecule has 1 aromatic heterocycles. The molecule has 0 atom stereocenters. The lowest BCUT2D eigenvalue weighted by molar-refractivity contribution is 0.0126. The highest BCUT2D eigenvalue weighted by Gasteiger charge is 2.28. The minimum atomic E-state index is -0.551. The van der Waals surface area contributed by atoms with Crippen LogP contribution in [0, 0.1) is 5.82 Å². The SMILES string of the molecule is COc1ccc(CN(Sc2cc(Cl)c(OC3CCN(C(=O)OC(C)(C)C)CC3)cc2F)c2nccs2)c(OC)c1. The number of carbonyl (C=O) groups excluding carboxylic acids is 1. The summed E-state index contributed by atoms with van der Waals surface area (Å²) in [7, 11) is 3.19. The van der Waals surface area contributed by atoms with E-state index in [1.165, 1.54) is 29.4 Å². The van der Waals surface area contributed by atoms with E-state index in [2.05, 4.69) is 4.98 Å². The van der Waals surface area contributed by atoms with Crippen LogP contribution in [0.3, 0.4) is 0 Å². The molecule has 0 bridgehead atoms. The van der Waals surface area contributed by atoms with Crippen LogP contribution in [0.25, 0.3) is 0 Å². The maximum absolute atomic E-state index is 15.4. The summed E-state index contributed by atoms with van der Waals surface area (Å²) < 4.78 is 39.6. The van der Waals surface area contributed by atoms with Gasteiger partial charge in [-0.25, -0.2) is 14.2 Å². The number of hydrogen-bond acceptors (Lipinski definition) is 9. The summed E-state index contributed by atoms with van der Waals surface area (Å²) in [6, 6.07) is 8.45. The predicted octanol–water partition coefficient (Wildman–Crippen LogP) is 7.45. The fourth-order valence-corrected chi connectivity index (χ4v) is 6.01. The van der Waals surface area contributed by atoms with Gasteiger partial charge >= 0.3 is 6.09 Å². The van der Waals surface area contributed by atoms with Gasteiger partial charge in [0.1, 0.15) is 34.8 Å². The van der Waals surface area contributed by atoms with Crippen molar-refractivity contribution in [1.29, 1.82) is 0 Å². The van der Waals surface area contributed by atoms with Gasteiger partial charge in [-0.2, -0.15) is 0 Å². The summed E-state index contributed by atoms with van der Waals surface area (Å²) in [5.41, 5.74) is 0.334. The number of amides is 1. The van der Waals surface area contributed by atoms with Gasteiger partial charge in [0, 0.05) is 55.2 Å². The number of rotatable bonds is 9. The largest absolute Gasteiger partial charge is 0.497 e. The topological polar surface area (TPSA) is 73.4 Å². The lowest BCUT2D eigenvalue weighted by Gasteiger charge is -2.33. The van der Waals surface area contributed by atoms with E-state index in [1.807, 2.05) is 48.7 Å².